The summed E-state index contributed by atoms with van der Waals surface area (Å²) in [6.07, 6.45) is 1.93. The molecule has 4 rings (SSSR count). The first kappa shape index (κ1) is 18.6. The van der Waals surface area contributed by atoms with Crippen LogP contribution in [0.25, 0.3) is 11.0 Å². The highest BCUT2D eigenvalue weighted by molar-refractivity contribution is 7.04. The molecule has 0 aliphatic carbocycles. The number of fused-ring (bicyclic) bond motifs is 1. The zero-order valence-electron chi connectivity index (χ0n) is 15.2. The molecule has 1 atom stereocenters. The lowest BCUT2D eigenvalue weighted by molar-refractivity contribution is -0.122. The lowest BCUT2D eigenvalue weighted by Gasteiger charge is -2.13. The summed E-state index contributed by atoms with van der Waals surface area (Å²) >= 11 is 1.09. The van der Waals surface area contributed by atoms with Crippen molar-refractivity contribution in [2.75, 3.05) is 13.2 Å². The Morgan fingerprint density at radius 3 is 2.82 bits per heavy atom. The molecule has 1 unspecified atom stereocenters. The van der Waals surface area contributed by atoms with Crippen molar-refractivity contribution in [2.45, 2.75) is 32.0 Å². The van der Waals surface area contributed by atoms with Crippen molar-refractivity contribution in [3.8, 4) is 0 Å². The molecule has 1 saturated heterocycles. The van der Waals surface area contributed by atoms with Crippen LogP contribution in [0, 0.1) is 0 Å². The van der Waals surface area contributed by atoms with Gasteiger partial charge in [0.1, 0.15) is 6.54 Å². The molecule has 0 saturated carbocycles. The number of nitrogens with one attached hydrogen (secondary N) is 1. The number of nitrogens with zero attached hydrogens (tertiary/aromatic N) is 3. The van der Waals surface area contributed by atoms with Gasteiger partial charge in [-0.3, -0.25) is 18.7 Å². The monoisotopic (exact) mass is 400 g/mol. The van der Waals surface area contributed by atoms with Gasteiger partial charge >= 0.3 is 5.69 Å². The summed E-state index contributed by atoms with van der Waals surface area (Å²) in [4.78, 5) is 38.1. The molecule has 1 amide bonds. The van der Waals surface area contributed by atoms with Crippen molar-refractivity contribution in [3.63, 3.8) is 0 Å². The second-order valence-corrected chi connectivity index (χ2v) is 7.36. The van der Waals surface area contributed by atoms with E-state index in [0.717, 1.165) is 34.5 Å². The van der Waals surface area contributed by atoms with Crippen LogP contribution in [0.15, 0.2) is 45.3 Å². The fraction of sp³-hybridized carbons (Fsp3) is 0.368. The molecule has 2 aromatic heterocycles. The minimum absolute atomic E-state index is 0.0236. The maximum Gasteiger partial charge on any atom is 0.332 e. The van der Waals surface area contributed by atoms with Gasteiger partial charge in [-0.1, -0.05) is 30.3 Å². The molecule has 1 fully saturated rings. The summed E-state index contributed by atoms with van der Waals surface area (Å²) < 4.78 is 12.1. The van der Waals surface area contributed by atoms with Crippen LogP contribution in [0.4, 0.5) is 0 Å². The van der Waals surface area contributed by atoms with Crippen LogP contribution in [0.2, 0.25) is 0 Å². The van der Waals surface area contributed by atoms with Crippen LogP contribution in [-0.2, 0) is 22.6 Å². The predicted molar refractivity (Wildman–Crippen MR) is 106 cm³/mol. The average Bonchev–Trinajstić information content (AvgIpc) is 3.40. The van der Waals surface area contributed by atoms with Crippen molar-refractivity contribution in [1.82, 2.24) is 18.8 Å². The smallest absolute Gasteiger partial charge is 0.332 e. The summed E-state index contributed by atoms with van der Waals surface area (Å²) in [7, 11) is 0. The second-order valence-electron chi connectivity index (χ2n) is 6.73. The maximum atomic E-state index is 13.0. The first-order valence-electron chi connectivity index (χ1n) is 9.13. The van der Waals surface area contributed by atoms with E-state index in [4.69, 9.17) is 4.74 Å². The van der Waals surface area contributed by atoms with E-state index in [1.807, 2.05) is 30.3 Å². The third-order valence-electron chi connectivity index (χ3n) is 4.79. The van der Waals surface area contributed by atoms with Gasteiger partial charge in [0.05, 0.1) is 18.2 Å². The fourth-order valence-corrected chi connectivity index (χ4v) is 3.99. The van der Waals surface area contributed by atoms with E-state index in [9.17, 15) is 14.4 Å². The van der Waals surface area contributed by atoms with Crippen molar-refractivity contribution < 1.29 is 9.53 Å². The highest BCUT2D eigenvalue weighted by atomic mass is 32.1. The molecule has 1 aliphatic heterocycles. The van der Waals surface area contributed by atoms with Crippen molar-refractivity contribution in [2.24, 2.45) is 0 Å². The van der Waals surface area contributed by atoms with Crippen molar-refractivity contribution in [3.05, 3.63) is 62.1 Å². The average molecular weight is 400 g/mol. The first-order valence-corrected chi connectivity index (χ1v) is 9.97. The van der Waals surface area contributed by atoms with E-state index in [1.54, 1.807) is 5.38 Å². The molecular formula is C19H20N4O4S. The fourth-order valence-electron chi connectivity index (χ4n) is 3.33. The number of ether oxygens (including phenoxy) is 1. The first-order chi connectivity index (χ1) is 13.6. The van der Waals surface area contributed by atoms with Crippen LogP contribution in [0.3, 0.4) is 0 Å². The predicted octanol–water partition coefficient (Wildman–Crippen LogP) is 0.963. The van der Waals surface area contributed by atoms with Crippen LogP contribution in [0.1, 0.15) is 18.4 Å². The summed E-state index contributed by atoms with van der Waals surface area (Å²) in [5.41, 5.74) is 0.449. The molecule has 0 bridgehead atoms. The molecule has 0 spiro atoms. The van der Waals surface area contributed by atoms with Crippen LogP contribution >= 0.6 is 11.5 Å². The summed E-state index contributed by atoms with van der Waals surface area (Å²) in [5, 5.41) is 4.44. The van der Waals surface area contributed by atoms with E-state index >= 15 is 0 Å². The molecule has 1 N–H and O–H groups in total. The molecule has 8 nitrogen and oxygen atoms in total. The molecule has 0 radical (unpaired) electrons. The Morgan fingerprint density at radius 1 is 1.25 bits per heavy atom. The second kappa shape index (κ2) is 8.07. The van der Waals surface area contributed by atoms with Gasteiger partial charge in [0.15, 0.2) is 5.52 Å². The normalized spacial score (nSPS) is 16.5. The maximum absolute atomic E-state index is 13.0. The van der Waals surface area contributed by atoms with Crippen molar-refractivity contribution in [1.29, 1.82) is 0 Å². The van der Waals surface area contributed by atoms with Crippen molar-refractivity contribution >= 4 is 28.5 Å². The molecule has 9 heteroatoms. The van der Waals surface area contributed by atoms with Gasteiger partial charge in [-0.2, -0.15) is 4.37 Å². The van der Waals surface area contributed by atoms with E-state index < -0.39 is 11.2 Å². The summed E-state index contributed by atoms with van der Waals surface area (Å²) in [6, 6.07) is 9.25. The van der Waals surface area contributed by atoms with Gasteiger partial charge in [0, 0.05) is 18.5 Å². The largest absolute Gasteiger partial charge is 0.376 e. The Labute approximate surface area is 164 Å². The van der Waals surface area contributed by atoms with E-state index in [-0.39, 0.29) is 30.6 Å². The Kier molecular flexibility index (Phi) is 5.36. The lowest BCUT2D eigenvalue weighted by Crippen LogP contribution is -2.43. The Hall–Kier alpha value is -2.78. The van der Waals surface area contributed by atoms with Crippen LogP contribution < -0.4 is 16.6 Å². The molecule has 1 aromatic carbocycles. The topological polar surface area (TPSA) is 95.2 Å². The minimum atomic E-state index is -0.520. The zero-order valence-corrected chi connectivity index (χ0v) is 16.0. The number of benzene rings is 1. The summed E-state index contributed by atoms with van der Waals surface area (Å²) in [6.45, 7) is 1.09. The molecule has 3 heterocycles. The minimum Gasteiger partial charge on any atom is -0.376 e. The highest BCUT2D eigenvalue weighted by Gasteiger charge is 2.19. The molecule has 146 valence electrons. The van der Waals surface area contributed by atoms with Gasteiger partial charge in [-0.05, 0) is 29.9 Å². The number of amides is 1. The Morgan fingerprint density at radius 2 is 2.07 bits per heavy atom. The Balaban J connectivity index is 1.63. The van der Waals surface area contributed by atoms with Crippen LogP contribution in [-0.4, -0.2) is 38.7 Å². The van der Waals surface area contributed by atoms with Gasteiger partial charge in [-0.15, -0.1) is 0 Å². The van der Waals surface area contributed by atoms with Gasteiger partial charge in [-0.25, -0.2) is 4.79 Å². The zero-order chi connectivity index (χ0) is 19.5. The summed E-state index contributed by atoms with van der Waals surface area (Å²) in [5.74, 6) is -0.296. The number of hydrogen-bond acceptors (Lipinski definition) is 6. The van der Waals surface area contributed by atoms with Crippen LogP contribution in [0.5, 0.6) is 0 Å². The highest BCUT2D eigenvalue weighted by Crippen LogP contribution is 2.12. The third kappa shape index (κ3) is 3.76. The molecule has 1 aliphatic rings. The SMILES string of the molecule is O=C(Cn1c(=O)n(Cc2ccccc2)c(=O)c2nscc21)NCC1CCCO1. The lowest BCUT2D eigenvalue weighted by atomic mass is 10.2. The number of aromatic nitrogens is 3. The Bertz CT molecular complexity index is 1100. The number of rotatable bonds is 6. The van der Waals surface area contributed by atoms with E-state index in [0.29, 0.717) is 18.7 Å². The third-order valence-corrected chi connectivity index (χ3v) is 5.40. The van der Waals surface area contributed by atoms with E-state index in [1.165, 1.54) is 4.57 Å². The number of carbonyl (C=O) groups excluding carboxylic acids is 1. The molecule has 28 heavy (non-hydrogen) atoms. The standard InChI is InChI=1S/C19H20N4O4S/c24-16(20-9-14-7-4-8-27-14)11-22-15-12-28-21-17(15)18(25)23(19(22)26)10-13-5-2-1-3-6-13/h1-3,5-6,12,14H,4,7-11H2,(H,20,24). The van der Waals surface area contributed by atoms with E-state index in [2.05, 4.69) is 9.69 Å². The molecular weight excluding hydrogens is 380 g/mol. The van der Waals surface area contributed by atoms with Gasteiger partial charge in [0.2, 0.25) is 5.91 Å². The van der Waals surface area contributed by atoms with Gasteiger partial charge in [0.25, 0.3) is 5.56 Å². The quantitative estimate of drug-likeness (QED) is 0.665. The number of hydrogen-bond donors (Lipinski definition) is 1. The van der Waals surface area contributed by atoms with Gasteiger partial charge < -0.3 is 10.1 Å². The molecule has 3 aromatic rings. The number of carbonyl (C=O) groups is 1.